The van der Waals surface area contributed by atoms with Gasteiger partial charge in [-0.2, -0.15) is 11.8 Å². The van der Waals surface area contributed by atoms with Crippen molar-refractivity contribution < 1.29 is 4.79 Å². The van der Waals surface area contributed by atoms with Crippen LogP contribution in [0.3, 0.4) is 0 Å². The zero-order valence-corrected chi connectivity index (χ0v) is 12.5. The van der Waals surface area contributed by atoms with Crippen molar-refractivity contribution in [2.45, 2.75) is 52.0 Å². The van der Waals surface area contributed by atoms with Crippen LogP contribution >= 0.6 is 11.8 Å². The van der Waals surface area contributed by atoms with Gasteiger partial charge in [-0.15, -0.1) is 0 Å². The minimum absolute atomic E-state index is 0.215. The molecule has 1 rings (SSSR count). The Morgan fingerprint density at radius 3 is 2.83 bits per heavy atom. The molecule has 4 heteroatoms. The van der Waals surface area contributed by atoms with E-state index in [9.17, 15) is 4.79 Å². The molecular formula is C14H26N2OS. The van der Waals surface area contributed by atoms with Gasteiger partial charge in [-0.3, -0.25) is 4.79 Å². The third kappa shape index (κ3) is 5.02. The van der Waals surface area contributed by atoms with Crippen LogP contribution in [0, 0.1) is 0 Å². The largest absolute Gasteiger partial charge is 0.327 e. The van der Waals surface area contributed by atoms with Gasteiger partial charge in [0.1, 0.15) is 0 Å². The molecule has 3 nitrogen and oxygen atoms in total. The zero-order valence-electron chi connectivity index (χ0n) is 11.7. The maximum absolute atomic E-state index is 12.2. The lowest BCUT2D eigenvalue weighted by Crippen LogP contribution is -2.33. The third-order valence-electron chi connectivity index (χ3n) is 3.31. The Morgan fingerprint density at radius 2 is 2.28 bits per heavy atom. The molecule has 0 radical (unpaired) electrons. The summed E-state index contributed by atoms with van der Waals surface area (Å²) < 4.78 is 0. The molecule has 0 aliphatic heterocycles. The molecule has 0 aromatic rings. The van der Waals surface area contributed by atoms with Crippen molar-refractivity contribution in [3.63, 3.8) is 0 Å². The van der Waals surface area contributed by atoms with Gasteiger partial charge in [-0.1, -0.05) is 13.0 Å². The van der Waals surface area contributed by atoms with E-state index >= 15 is 0 Å². The normalized spacial score (nSPS) is 17.2. The highest BCUT2D eigenvalue weighted by Gasteiger charge is 2.17. The van der Waals surface area contributed by atoms with Crippen LogP contribution in [-0.4, -0.2) is 34.9 Å². The molecule has 0 fully saturated rings. The van der Waals surface area contributed by atoms with Crippen LogP contribution in [0.2, 0.25) is 0 Å². The van der Waals surface area contributed by atoms with Crippen LogP contribution in [-0.2, 0) is 4.79 Å². The summed E-state index contributed by atoms with van der Waals surface area (Å²) in [6.07, 6.45) is 7.85. The van der Waals surface area contributed by atoms with Gasteiger partial charge in [-0.25, -0.2) is 0 Å². The fraction of sp³-hybridized carbons (Fsp3) is 0.786. The average molecular weight is 270 g/mol. The van der Waals surface area contributed by atoms with Crippen molar-refractivity contribution >= 4 is 17.7 Å². The second kappa shape index (κ2) is 8.59. The molecule has 1 aliphatic rings. The molecular weight excluding hydrogens is 244 g/mol. The molecule has 104 valence electrons. The van der Waals surface area contributed by atoms with E-state index in [0.717, 1.165) is 31.6 Å². The van der Waals surface area contributed by atoms with Gasteiger partial charge in [0.2, 0.25) is 5.91 Å². The molecule has 1 amide bonds. The molecule has 1 aliphatic carbocycles. The van der Waals surface area contributed by atoms with Gasteiger partial charge in [0, 0.05) is 24.0 Å². The summed E-state index contributed by atoms with van der Waals surface area (Å²) in [5.74, 6) is 1.66. The van der Waals surface area contributed by atoms with Gasteiger partial charge in [0.25, 0.3) is 0 Å². The smallest absolute Gasteiger partial charge is 0.236 e. The van der Waals surface area contributed by atoms with Gasteiger partial charge >= 0.3 is 0 Å². The van der Waals surface area contributed by atoms with Crippen molar-refractivity contribution in [1.29, 1.82) is 0 Å². The number of hydrogen-bond donors (Lipinski definition) is 1. The quantitative estimate of drug-likeness (QED) is 0.774. The minimum Gasteiger partial charge on any atom is -0.327 e. The van der Waals surface area contributed by atoms with E-state index in [1.165, 1.54) is 18.5 Å². The fourth-order valence-corrected chi connectivity index (χ4v) is 3.09. The summed E-state index contributed by atoms with van der Waals surface area (Å²) in [6.45, 7) is 4.92. The number of nitrogens with two attached hydrogens (primary N) is 1. The van der Waals surface area contributed by atoms with Crippen molar-refractivity contribution in [2.75, 3.05) is 18.1 Å². The van der Waals surface area contributed by atoms with E-state index in [1.54, 1.807) is 11.8 Å². The maximum atomic E-state index is 12.2. The number of nitrogens with zero attached hydrogens (tertiary/aromatic N) is 1. The van der Waals surface area contributed by atoms with Gasteiger partial charge in [0.15, 0.2) is 0 Å². The molecule has 2 N–H and O–H groups in total. The molecule has 0 bridgehead atoms. The van der Waals surface area contributed by atoms with Crippen LogP contribution in [0.4, 0.5) is 0 Å². The summed E-state index contributed by atoms with van der Waals surface area (Å²) in [7, 11) is 0. The van der Waals surface area contributed by atoms with Crippen LogP contribution in [0.5, 0.6) is 0 Å². The van der Waals surface area contributed by atoms with Crippen molar-refractivity contribution in [3.8, 4) is 0 Å². The van der Waals surface area contributed by atoms with Crippen molar-refractivity contribution in [2.24, 2.45) is 5.73 Å². The molecule has 1 atom stereocenters. The average Bonchev–Trinajstić information content (AvgIpc) is 2.40. The number of hydrogen-bond acceptors (Lipinski definition) is 3. The predicted molar refractivity (Wildman–Crippen MR) is 79.5 cm³/mol. The Bertz CT molecular complexity index is 292. The van der Waals surface area contributed by atoms with Crippen LogP contribution in [0.25, 0.3) is 0 Å². The Morgan fingerprint density at radius 1 is 1.50 bits per heavy atom. The van der Waals surface area contributed by atoms with Crippen molar-refractivity contribution in [1.82, 2.24) is 4.90 Å². The molecule has 1 unspecified atom stereocenters. The van der Waals surface area contributed by atoms with E-state index in [4.69, 9.17) is 5.73 Å². The second-order valence-electron chi connectivity index (χ2n) is 4.76. The first-order valence-electron chi connectivity index (χ1n) is 7.01. The SMILES string of the molecule is CCC(N)CSCC(=O)N(CC)C1=CCCCC1. The number of thioether (sulfide) groups is 1. The van der Waals surface area contributed by atoms with Gasteiger partial charge < -0.3 is 10.6 Å². The number of amides is 1. The third-order valence-corrected chi connectivity index (χ3v) is 4.43. The first-order chi connectivity index (χ1) is 8.69. The number of carbonyl (C=O) groups is 1. The topological polar surface area (TPSA) is 46.3 Å². The standard InChI is InChI=1S/C14H26N2OS/c1-3-12(15)10-18-11-14(17)16(4-2)13-8-6-5-7-9-13/h8,12H,3-7,9-11,15H2,1-2H3. The van der Waals surface area contributed by atoms with E-state index in [-0.39, 0.29) is 11.9 Å². The Labute approximate surface area is 115 Å². The molecule has 0 aromatic carbocycles. The van der Waals surface area contributed by atoms with Gasteiger partial charge in [0.05, 0.1) is 5.75 Å². The van der Waals surface area contributed by atoms with E-state index in [1.807, 2.05) is 4.90 Å². The Hall–Kier alpha value is -0.480. The maximum Gasteiger partial charge on any atom is 0.236 e. The lowest BCUT2D eigenvalue weighted by Gasteiger charge is -2.26. The lowest BCUT2D eigenvalue weighted by molar-refractivity contribution is -0.126. The summed E-state index contributed by atoms with van der Waals surface area (Å²) in [5.41, 5.74) is 7.08. The molecule has 0 aromatic heterocycles. The second-order valence-corrected chi connectivity index (χ2v) is 5.79. The summed E-state index contributed by atoms with van der Waals surface area (Å²) in [5, 5.41) is 0. The lowest BCUT2D eigenvalue weighted by atomic mass is 10.0. The monoisotopic (exact) mass is 270 g/mol. The van der Waals surface area contributed by atoms with E-state index in [0.29, 0.717) is 5.75 Å². The number of rotatable bonds is 7. The first kappa shape index (κ1) is 15.6. The summed E-state index contributed by atoms with van der Waals surface area (Å²) >= 11 is 1.66. The molecule has 0 saturated carbocycles. The highest BCUT2D eigenvalue weighted by atomic mass is 32.2. The highest BCUT2D eigenvalue weighted by molar-refractivity contribution is 7.99. The van der Waals surface area contributed by atoms with Crippen LogP contribution in [0.1, 0.15) is 46.0 Å². The fourth-order valence-electron chi connectivity index (χ4n) is 2.10. The molecule has 18 heavy (non-hydrogen) atoms. The first-order valence-corrected chi connectivity index (χ1v) is 8.17. The molecule has 0 spiro atoms. The Kier molecular flexibility index (Phi) is 7.44. The summed E-state index contributed by atoms with van der Waals surface area (Å²) in [4.78, 5) is 14.1. The number of allylic oxidation sites excluding steroid dienone is 2. The van der Waals surface area contributed by atoms with Crippen LogP contribution < -0.4 is 5.73 Å². The van der Waals surface area contributed by atoms with Gasteiger partial charge in [-0.05, 0) is 39.0 Å². The van der Waals surface area contributed by atoms with Crippen LogP contribution in [0.15, 0.2) is 11.8 Å². The Balaban J connectivity index is 2.39. The molecule has 0 saturated heterocycles. The summed E-state index contributed by atoms with van der Waals surface area (Å²) in [6, 6.07) is 0.215. The highest BCUT2D eigenvalue weighted by Crippen LogP contribution is 2.21. The predicted octanol–water partition coefficient (Wildman–Crippen LogP) is 2.76. The number of carbonyl (C=O) groups excluding carboxylic acids is 1. The zero-order chi connectivity index (χ0) is 13.4. The van der Waals surface area contributed by atoms with E-state index < -0.39 is 0 Å². The molecule has 0 heterocycles. The minimum atomic E-state index is 0.215. The van der Waals surface area contributed by atoms with Crippen molar-refractivity contribution in [3.05, 3.63) is 11.8 Å². The van der Waals surface area contributed by atoms with E-state index in [2.05, 4.69) is 19.9 Å².